The van der Waals surface area contributed by atoms with Gasteiger partial charge >= 0.3 is 0 Å². The number of anilines is 2. The van der Waals surface area contributed by atoms with Crippen LogP contribution in [0.25, 0.3) is 0 Å². The third kappa shape index (κ3) is 2.23. The maximum absolute atomic E-state index is 12.2. The SMILES string of the molecule is CC(C)(C)N1c2ccccc2N(C2CCC(=O)NC2=O)C1O. The van der Waals surface area contributed by atoms with Gasteiger partial charge in [0.05, 0.1) is 11.4 Å². The monoisotopic (exact) mass is 303 g/mol. The van der Waals surface area contributed by atoms with Gasteiger partial charge in [-0.2, -0.15) is 0 Å². The standard InChI is InChI=1S/C16H21N3O3/c1-16(2,3)19-11-7-5-4-6-10(11)18(15(19)22)12-8-9-13(20)17-14(12)21/h4-7,12,15,22H,8-9H2,1-3H3,(H,17,20,21). The number of rotatable bonds is 1. The highest BCUT2D eigenvalue weighted by Gasteiger charge is 2.45. The second kappa shape index (κ2) is 4.98. The smallest absolute Gasteiger partial charge is 0.249 e. The van der Waals surface area contributed by atoms with Crippen LogP contribution in [0, 0.1) is 0 Å². The highest BCUT2D eigenvalue weighted by molar-refractivity contribution is 6.02. The molecule has 6 nitrogen and oxygen atoms in total. The summed E-state index contributed by atoms with van der Waals surface area (Å²) < 4.78 is 0. The van der Waals surface area contributed by atoms with Crippen molar-refractivity contribution >= 4 is 23.2 Å². The van der Waals surface area contributed by atoms with Gasteiger partial charge in [-0.05, 0) is 39.3 Å². The third-order valence-electron chi connectivity index (χ3n) is 4.17. The Morgan fingerprint density at radius 1 is 1.18 bits per heavy atom. The van der Waals surface area contributed by atoms with Gasteiger partial charge in [-0.15, -0.1) is 0 Å². The van der Waals surface area contributed by atoms with Crippen molar-refractivity contribution in [3.63, 3.8) is 0 Å². The number of benzene rings is 1. The molecule has 118 valence electrons. The van der Waals surface area contributed by atoms with Crippen LogP contribution >= 0.6 is 0 Å². The summed E-state index contributed by atoms with van der Waals surface area (Å²) in [6.45, 7) is 6.04. The van der Waals surface area contributed by atoms with Crippen LogP contribution in [0.3, 0.4) is 0 Å². The molecule has 0 bridgehead atoms. The first-order valence-electron chi connectivity index (χ1n) is 7.49. The second-order valence-corrected chi connectivity index (χ2v) is 6.75. The molecule has 22 heavy (non-hydrogen) atoms. The van der Waals surface area contributed by atoms with Crippen LogP contribution in [-0.4, -0.2) is 34.9 Å². The predicted octanol–water partition coefficient (Wildman–Crippen LogP) is 1.19. The van der Waals surface area contributed by atoms with Crippen molar-refractivity contribution < 1.29 is 14.7 Å². The molecule has 2 aliphatic rings. The summed E-state index contributed by atoms with van der Waals surface area (Å²) in [4.78, 5) is 27.2. The van der Waals surface area contributed by atoms with E-state index in [0.29, 0.717) is 6.42 Å². The number of nitrogens with one attached hydrogen (secondary N) is 1. The molecule has 3 rings (SSSR count). The summed E-state index contributed by atoms with van der Waals surface area (Å²) >= 11 is 0. The molecule has 1 aromatic carbocycles. The van der Waals surface area contributed by atoms with E-state index in [4.69, 9.17) is 0 Å². The van der Waals surface area contributed by atoms with E-state index in [9.17, 15) is 14.7 Å². The number of piperidine rings is 1. The average Bonchev–Trinajstić information content (AvgIpc) is 2.71. The van der Waals surface area contributed by atoms with E-state index >= 15 is 0 Å². The minimum Gasteiger partial charge on any atom is -0.356 e. The molecule has 6 heteroatoms. The highest BCUT2D eigenvalue weighted by Crippen LogP contribution is 2.44. The number of carbonyl (C=O) groups excluding carboxylic acids is 2. The van der Waals surface area contributed by atoms with Crippen molar-refractivity contribution in [1.29, 1.82) is 0 Å². The molecular weight excluding hydrogens is 282 g/mol. The summed E-state index contributed by atoms with van der Waals surface area (Å²) in [5.74, 6) is -0.600. The first-order chi connectivity index (χ1) is 10.3. The molecule has 1 aromatic rings. The highest BCUT2D eigenvalue weighted by atomic mass is 16.3. The number of nitrogens with zero attached hydrogens (tertiary/aromatic N) is 2. The Labute approximate surface area is 129 Å². The van der Waals surface area contributed by atoms with Crippen LogP contribution in [0.5, 0.6) is 0 Å². The van der Waals surface area contributed by atoms with Gasteiger partial charge < -0.3 is 14.9 Å². The molecule has 0 spiro atoms. The molecule has 2 unspecified atom stereocenters. The Morgan fingerprint density at radius 2 is 1.82 bits per heavy atom. The van der Waals surface area contributed by atoms with Gasteiger partial charge in [-0.1, -0.05) is 12.1 Å². The summed E-state index contributed by atoms with van der Waals surface area (Å²) in [5, 5.41) is 13.2. The molecule has 2 N–H and O–H groups in total. The van der Waals surface area contributed by atoms with E-state index < -0.39 is 12.4 Å². The van der Waals surface area contributed by atoms with Crippen LogP contribution in [0.15, 0.2) is 24.3 Å². The Kier molecular flexibility index (Phi) is 3.36. The van der Waals surface area contributed by atoms with Crippen molar-refractivity contribution in [2.75, 3.05) is 9.80 Å². The fraction of sp³-hybridized carbons (Fsp3) is 0.500. The van der Waals surface area contributed by atoms with Gasteiger partial charge in [-0.25, -0.2) is 0 Å². The number of imide groups is 1. The zero-order chi connectivity index (χ0) is 16.1. The van der Waals surface area contributed by atoms with Crippen LogP contribution in [0.2, 0.25) is 0 Å². The first kappa shape index (κ1) is 14.8. The number of hydrogen-bond donors (Lipinski definition) is 2. The zero-order valence-electron chi connectivity index (χ0n) is 13.0. The molecule has 0 aliphatic carbocycles. The average molecular weight is 303 g/mol. The van der Waals surface area contributed by atoms with Crippen LogP contribution in [-0.2, 0) is 9.59 Å². The summed E-state index contributed by atoms with van der Waals surface area (Å²) in [5.41, 5.74) is 1.41. The predicted molar refractivity (Wildman–Crippen MR) is 83.3 cm³/mol. The van der Waals surface area contributed by atoms with E-state index in [-0.39, 0.29) is 23.8 Å². The van der Waals surface area contributed by atoms with Crippen molar-refractivity contribution in [2.24, 2.45) is 0 Å². The van der Waals surface area contributed by atoms with E-state index in [2.05, 4.69) is 5.32 Å². The van der Waals surface area contributed by atoms with Crippen molar-refractivity contribution in [3.8, 4) is 0 Å². The number of carbonyl (C=O) groups is 2. The lowest BCUT2D eigenvalue weighted by molar-refractivity contribution is -0.134. The number of amides is 2. The number of hydrogen-bond acceptors (Lipinski definition) is 5. The van der Waals surface area contributed by atoms with E-state index in [1.165, 1.54) is 0 Å². The minimum atomic E-state index is -0.929. The fourth-order valence-electron chi connectivity index (χ4n) is 3.24. The molecule has 0 radical (unpaired) electrons. The topological polar surface area (TPSA) is 72.9 Å². The largest absolute Gasteiger partial charge is 0.356 e. The molecule has 2 amide bonds. The third-order valence-corrected chi connectivity index (χ3v) is 4.17. The quantitative estimate of drug-likeness (QED) is 0.763. The van der Waals surface area contributed by atoms with E-state index in [0.717, 1.165) is 11.4 Å². The summed E-state index contributed by atoms with van der Waals surface area (Å²) in [6.07, 6.45) is -0.230. The molecule has 2 heterocycles. The van der Waals surface area contributed by atoms with Gasteiger partial charge in [-0.3, -0.25) is 14.9 Å². The molecular formula is C16H21N3O3. The lowest BCUT2D eigenvalue weighted by Gasteiger charge is -2.40. The second-order valence-electron chi connectivity index (χ2n) is 6.75. The fourth-order valence-corrected chi connectivity index (χ4v) is 3.24. The lowest BCUT2D eigenvalue weighted by atomic mass is 10.0. The molecule has 0 saturated carbocycles. The van der Waals surface area contributed by atoms with Gasteiger partial charge in [0.2, 0.25) is 18.2 Å². The normalized spacial score (nSPS) is 25.3. The van der Waals surface area contributed by atoms with Gasteiger partial charge in [0.1, 0.15) is 6.04 Å². The maximum atomic E-state index is 12.2. The van der Waals surface area contributed by atoms with Gasteiger partial charge in [0, 0.05) is 12.0 Å². The van der Waals surface area contributed by atoms with Crippen LogP contribution in [0.1, 0.15) is 33.6 Å². The van der Waals surface area contributed by atoms with Gasteiger partial charge in [0.15, 0.2) is 0 Å². The number of aliphatic hydroxyl groups is 1. The van der Waals surface area contributed by atoms with Crippen LogP contribution in [0.4, 0.5) is 11.4 Å². The van der Waals surface area contributed by atoms with Crippen LogP contribution < -0.4 is 15.1 Å². The number of fused-ring (bicyclic) bond motifs is 1. The molecule has 1 saturated heterocycles. The zero-order valence-corrected chi connectivity index (χ0v) is 13.0. The molecule has 1 fully saturated rings. The summed E-state index contributed by atoms with van der Waals surface area (Å²) in [6, 6.07) is 7.10. The minimum absolute atomic E-state index is 0.254. The van der Waals surface area contributed by atoms with Crippen molar-refractivity contribution in [3.05, 3.63) is 24.3 Å². The molecule has 0 aromatic heterocycles. The van der Waals surface area contributed by atoms with E-state index in [1.54, 1.807) is 4.90 Å². The van der Waals surface area contributed by atoms with E-state index in [1.807, 2.05) is 49.9 Å². The Balaban J connectivity index is 2.02. The Hall–Kier alpha value is -2.08. The Morgan fingerprint density at radius 3 is 2.41 bits per heavy atom. The lowest BCUT2D eigenvalue weighted by Crippen LogP contribution is -2.59. The maximum Gasteiger partial charge on any atom is 0.249 e. The molecule has 2 atom stereocenters. The molecule has 2 aliphatic heterocycles. The van der Waals surface area contributed by atoms with Crippen molar-refractivity contribution in [2.45, 2.75) is 51.5 Å². The first-order valence-corrected chi connectivity index (χ1v) is 7.49. The van der Waals surface area contributed by atoms with Gasteiger partial charge in [0.25, 0.3) is 0 Å². The Bertz CT molecular complexity index is 623. The number of para-hydroxylation sites is 2. The van der Waals surface area contributed by atoms with Crippen molar-refractivity contribution in [1.82, 2.24) is 5.32 Å². The summed E-state index contributed by atoms with van der Waals surface area (Å²) in [7, 11) is 0. The number of aliphatic hydroxyl groups excluding tert-OH is 1.